The lowest BCUT2D eigenvalue weighted by Gasteiger charge is -2.10. The number of carbonyl (C=O) groups is 1. The summed E-state index contributed by atoms with van der Waals surface area (Å²) in [6, 6.07) is 16.9. The minimum Gasteiger partial charge on any atom is -0.491 e. The molecule has 8 heteroatoms. The molecule has 1 heterocycles. The fraction of sp³-hybridized carbons (Fsp3) is 0.261. The van der Waals surface area contributed by atoms with Crippen LogP contribution in [-0.4, -0.2) is 27.0 Å². The van der Waals surface area contributed by atoms with E-state index in [0.29, 0.717) is 24.3 Å². The number of sulfonamides is 1. The summed E-state index contributed by atoms with van der Waals surface area (Å²) in [5, 5.41) is 2.85. The second-order valence-corrected chi connectivity index (χ2v) is 9.01. The van der Waals surface area contributed by atoms with Crippen molar-refractivity contribution < 1.29 is 22.4 Å². The predicted molar refractivity (Wildman–Crippen MR) is 117 cm³/mol. The largest absolute Gasteiger partial charge is 0.491 e. The van der Waals surface area contributed by atoms with Crippen LogP contribution in [0.1, 0.15) is 35.5 Å². The van der Waals surface area contributed by atoms with E-state index in [1.165, 1.54) is 30.5 Å². The van der Waals surface area contributed by atoms with E-state index >= 15 is 0 Å². The van der Waals surface area contributed by atoms with Gasteiger partial charge in [-0.15, -0.1) is 0 Å². The fourth-order valence-corrected chi connectivity index (χ4v) is 3.87. The first-order valence-electron chi connectivity index (χ1n) is 9.99. The quantitative estimate of drug-likeness (QED) is 0.501. The average molecular weight is 443 g/mol. The Morgan fingerprint density at radius 1 is 1.03 bits per heavy atom. The number of furan rings is 1. The molecular weight excluding hydrogens is 416 g/mol. The lowest BCUT2D eigenvalue weighted by molar-refractivity contribution is 0.0954. The van der Waals surface area contributed by atoms with Crippen LogP contribution in [-0.2, 0) is 23.0 Å². The van der Waals surface area contributed by atoms with Gasteiger partial charge in [0, 0.05) is 12.1 Å². The van der Waals surface area contributed by atoms with Crippen molar-refractivity contribution in [2.24, 2.45) is 0 Å². The molecule has 2 N–H and O–H groups in total. The number of nitrogens with one attached hydrogen (secondary N) is 2. The number of rotatable bonds is 10. The highest BCUT2D eigenvalue weighted by Gasteiger charge is 2.15. The van der Waals surface area contributed by atoms with Gasteiger partial charge in [-0.25, -0.2) is 13.1 Å². The van der Waals surface area contributed by atoms with Crippen LogP contribution in [0.4, 0.5) is 0 Å². The first-order valence-corrected chi connectivity index (χ1v) is 11.5. The van der Waals surface area contributed by atoms with Gasteiger partial charge >= 0.3 is 0 Å². The third kappa shape index (κ3) is 6.70. The number of ether oxygens (including phenoxy) is 1. The molecule has 1 amide bonds. The van der Waals surface area contributed by atoms with Gasteiger partial charge in [-0.3, -0.25) is 4.79 Å². The summed E-state index contributed by atoms with van der Waals surface area (Å²) in [5.74, 6) is 1.07. The van der Waals surface area contributed by atoms with Gasteiger partial charge < -0.3 is 14.5 Å². The zero-order valence-corrected chi connectivity index (χ0v) is 18.3. The van der Waals surface area contributed by atoms with E-state index in [-0.39, 0.29) is 23.5 Å². The van der Waals surface area contributed by atoms with Crippen molar-refractivity contribution in [1.82, 2.24) is 10.0 Å². The minimum absolute atomic E-state index is 0.0577. The van der Waals surface area contributed by atoms with Crippen molar-refractivity contribution in [2.75, 3.05) is 6.54 Å². The third-order valence-corrected chi connectivity index (χ3v) is 5.85. The van der Waals surface area contributed by atoms with Crippen molar-refractivity contribution in [1.29, 1.82) is 0 Å². The van der Waals surface area contributed by atoms with Crippen LogP contribution < -0.4 is 14.8 Å². The molecule has 3 rings (SSSR count). The summed E-state index contributed by atoms with van der Waals surface area (Å²) < 4.78 is 37.9. The van der Waals surface area contributed by atoms with Crippen molar-refractivity contribution in [3.05, 3.63) is 83.8 Å². The van der Waals surface area contributed by atoms with Crippen LogP contribution in [0, 0.1) is 0 Å². The molecule has 164 valence electrons. The standard InChI is InChI=1S/C23H26N2O5S/c1-17(2)30-20-9-5-18(6-10-20)13-14-24-23(26)19-7-11-22(12-8-19)31(27,28)25-16-21-4-3-15-29-21/h3-12,15,17,25H,13-14,16H2,1-2H3,(H,24,26). The topological polar surface area (TPSA) is 97.6 Å². The molecule has 0 spiro atoms. The maximum absolute atomic E-state index is 12.4. The highest BCUT2D eigenvalue weighted by Crippen LogP contribution is 2.14. The Morgan fingerprint density at radius 3 is 2.35 bits per heavy atom. The predicted octanol–water partition coefficient (Wildman–Crippen LogP) is 3.52. The van der Waals surface area contributed by atoms with E-state index in [1.54, 1.807) is 12.1 Å². The van der Waals surface area contributed by atoms with E-state index in [4.69, 9.17) is 9.15 Å². The average Bonchev–Trinajstić information content (AvgIpc) is 3.27. The molecule has 0 aliphatic carbocycles. The van der Waals surface area contributed by atoms with Crippen LogP contribution in [0.5, 0.6) is 5.75 Å². The summed E-state index contributed by atoms with van der Waals surface area (Å²) in [5.41, 5.74) is 1.48. The van der Waals surface area contributed by atoms with E-state index < -0.39 is 10.0 Å². The summed E-state index contributed by atoms with van der Waals surface area (Å²) >= 11 is 0. The zero-order valence-electron chi connectivity index (χ0n) is 17.5. The molecule has 0 bridgehead atoms. The van der Waals surface area contributed by atoms with Crippen LogP contribution in [0.2, 0.25) is 0 Å². The Hall–Kier alpha value is -3.10. The summed E-state index contributed by atoms with van der Waals surface area (Å²) in [7, 11) is -3.70. The molecule has 0 fully saturated rings. The van der Waals surface area contributed by atoms with Gasteiger partial charge in [0.25, 0.3) is 5.91 Å². The van der Waals surface area contributed by atoms with Crippen molar-refractivity contribution in [3.8, 4) is 5.75 Å². The molecule has 0 saturated carbocycles. The number of benzene rings is 2. The molecule has 0 unspecified atom stereocenters. The molecule has 0 atom stereocenters. The number of amides is 1. The molecule has 0 aliphatic rings. The van der Waals surface area contributed by atoms with Gasteiger partial charge in [0.2, 0.25) is 10.0 Å². The first kappa shape index (κ1) is 22.6. The molecule has 1 aromatic heterocycles. The molecule has 2 aromatic carbocycles. The molecule has 0 radical (unpaired) electrons. The Bertz CT molecular complexity index is 1070. The molecule has 31 heavy (non-hydrogen) atoms. The molecule has 0 saturated heterocycles. The van der Waals surface area contributed by atoms with Crippen LogP contribution in [0.3, 0.4) is 0 Å². The van der Waals surface area contributed by atoms with Crippen molar-refractivity contribution in [2.45, 2.75) is 37.8 Å². The van der Waals surface area contributed by atoms with Gasteiger partial charge in [-0.1, -0.05) is 12.1 Å². The first-order chi connectivity index (χ1) is 14.8. The summed E-state index contributed by atoms with van der Waals surface area (Å²) in [4.78, 5) is 12.4. The SMILES string of the molecule is CC(C)Oc1ccc(CCNC(=O)c2ccc(S(=O)(=O)NCc3ccco3)cc2)cc1. The summed E-state index contributed by atoms with van der Waals surface area (Å²) in [6.45, 7) is 4.47. The second-order valence-electron chi connectivity index (χ2n) is 7.24. The van der Waals surface area contributed by atoms with Gasteiger partial charge in [-0.05, 0) is 74.4 Å². The Labute approximate surface area is 182 Å². The Balaban J connectivity index is 1.49. The third-order valence-electron chi connectivity index (χ3n) is 4.44. The summed E-state index contributed by atoms with van der Waals surface area (Å²) in [6.07, 6.45) is 2.28. The monoisotopic (exact) mass is 442 g/mol. The normalized spacial score (nSPS) is 11.5. The Morgan fingerprint density at radius 2 is 1.74 bits per heavy atom. The zero-order chi connectivity index (χ0) is 22.3. The number of hydrogen-bond donors (Lipinski definition) is 2. The lowest BCUT2D eigenvalue weighted by Crippen LogP contribution is -2.26. The van der Waals surface area contributed by atoms with Crippen LogP contribution in [0.15, 0.2) is 76.2 Å². The van der Waals surface area contributed by atoms with Crippen molar-refractivity contribution >= 4 is 15.9 Å². The van der Waals surface area contributed by atoms with Crippen LogP contribution >= 0.6 is 0 Å². The maximum Gasteiger partial charge on any atom is 0.251 e. The molecule has 7 nitrogen and oxygen atoms in total. The van der Waals surface area contributed by atoms with E-state index in [9.17, 15) is 13.2 Å². The number of hydrogen-bond acceptors (Lipinski definition) is 5. The van der Waals surface area contributed by atoms with E-state index in [1.807, 2.05) is 38.1 Å². The van der Waals surface area contributed by atoms with Gasteiger partial charge in [0.15, 0.2) is 0 Å². The second kappa shape index (κ2) is 10.3. The minimum atomic E-state index is -3.70. The highest BCUT2D eigenvalue weighted by molar-refractivity contribution is 7.89. The molecular formula is C23H26N2O5S. The van der Waals surface area contributed by atoms with Crippen molar-refractivity contribution in [3.63, 3.8) is 0 Å². The van der Waals surface area contributed by atoms with Crippen LogP contribution in [0.25, 0.3) is 0 Å². The smallest absolute Gasteiger partial charge is 0.251 e. The maximum atomic E-state index is 12.4. The van der Waals surface area contributed by atoms with Gasteiger partial charge in [-0.2, -0.15) is 0 Å². The molecule has 0 aliphatic heterocycles. The van der Waals surface area contributed by atoms with E-state index in [0.717, 1.165) is 11.3 Å². The van der Waals surface area contributed by atoms with E-state index in [2.05, 4.69) is 10.0 Å². The van der Waals surface area contributed by atoms with Gasteiger partial charge in [0.1, 0.15) is 11.5 Å². The highest BCUT2D eigenvalue weighted by atomic mass is 32.2. The number of carbonyl (C=O) groups excluding carboxylic acids is 1. The fourth-order valence-electron chi connectivity index (χ4n) is 2.88. The van der Waals surface area contributed by atoms with Gasteiger partial charge in [0.05, 0.1) is 23.8 Å². The Kier molecular flexibility index (Phi) is 7.49. The lowest BCUT2D eigenvalue weighted by atomic mass is 10.1. The molecule has 3 aromatic rings.